The summed E-state index contributed by atoms with van der Waals surface area (Å²) in [7, 11) is -2.96. The summed E-state index contributed by atoms with van der Waals surface area (Å²) in [5.74, 6) is 0. The molecule has 0 saturated heterocycles. The van der Waals surface area contributed by atoms with Crippen molar-refractivity contribution in [3.8, 4) is 0 Å². The van der Waals surface area contributed by atoms with Crippen molar-refractivity contribution in [2.75, 3.05) is 0 Å². The van der Waals surface area contributed by atoms with Crippen LogP contribution in [0.3, 0.4) is 0 Å². The Morgan fingerprint density at radius 1 is 0.812 bits per heavy atom. The topological polar surface area (TPSA) is 19.9 Å². The van der Waals surface area contributed by atoms with Crippen molar-refractivity contribution in [1.82, 2.24) is 0 Å². The van der Waals surface area contributed by atoms with Gasteiger partial charge >= 0.3 is 8.32 Å². The minimum atomic E-state index is -2.96. The maximum absolute atomic E-state index is 12.9. The van der Waals surface area contributed by atoms with Gasteiger partial charge in [0.1, 0.15) is 0 Å². The van der Waals surface area contributed by atoms with Gasteiger partial charge in [0.05, 0.1) is 0 Å². The molecule has 0 aliphatic heterocycles. The van der Waals surface area contributed by atoms with Crippen molar-refractivity contribution >= 4 is 18.7 Å². The monoisotopic (exact) mass is 225 g/mol. The van der Waals surface area contributed by atoms with E-state index in [-0.39, 0.29) is 0 Å². The second kappa shape index (κ2) is 4.47. The third kappa shape index (κ3) is 1.85. The Balaban J connectivity index is 2.53. The summed E-state index contributed by atoms with van der Waals surface area (Å²) in [6.45, 7) is 3.73. The van der Waals surface area contributed by atoms with Gasteiger partial charge in [0.2, 0.25) is 0 Å². The minimum Gasteiger partial charge on any atom is -0.280 e. The van der Waals surface area contributed by atoms with Gasteiger partial charge in [-0.3, -0.25) is 4.80 Å². The highest BCUT2D eigenvalue weighted by Gasteiger charge is 2.34. The zero-order valence-corrected chi connectivity index (χ0v) is 9.97. The Bertz CT molecular complexity index is 425. The lowest BCUT2D eigenvalue weighted by atomic mass is 10.4. The second-order valence-electron chi connectivity index (χ2n) is 3.67. The first-order chi connectivity index (χ1) is 7.77. The third-order valence-corrected chi connectivity index (χ3v) is 5.65. The molecule has 2 heteroatoms. The minimum absolute atomic E-state index is 0.858. The average Bonchev–Trinajstić information content (AvgIpc) is 2.40. The SMILES string of the molecule is C=C[Si]([O])(c1ccccc1)c1ccccc1. The summed E-state index contributed by atoms with van der Waals surface area (Å²) in [5, 5.41) is 1.72. The van der Waals surface area contributed by atoms with Gasteiger partial charge in [-0.1, -0.05) is 66.4 Å². The zero-order chi connectivity index (χ0) is 11.4. The zero-order valence-electron chi connectivity index (χ0n) is 8.97. The highest BCUT2D eigenvalue weighted by Crippen LogP contribution is 2.03. The predicted molar refractivity (Wildman–Crippen MR) is 68.8 cm³/mol. The maximum Gasteiger partial charge on any atom is 0.322 e. The standard InChI is InChI=1S/C14H13OSi/c1-2-16(15,13-9-5-3-6-10-13)14-11-7-4-8-12-14/h2-12H,1H2. The van der Waals surface area contributed by atoms with E-state index in [9.17, 15) is 4.80 Å². The Labute approximate surface area is 96.8 Å². The van der Waals surface area contributed by atoms with Gasteiger partial charge in [0.25, 0.3) is 0 Å². The summed E-state index contributed by atoms with van der Waals surface area (Å²) >= 11 is 0. The van der Waals surface area contributed by atoms with Crippen LogP contribution in [0.4, 0.5) is 0 Å². The number of rotatable bonds is 3. The molecule has 2 aromatic carbocycles. The molecular weight excluding hydrogens is 212 g/mol. The molecule has 0 aliphatic rings. The van der Waals surface area contributed by atoms with Crippen LogP contribution in [0.25, 0.3) is 0 Å². The molecule has 1 radical (unpaired) electrons. The molecular formula is C14H13OSi. The molecule has 0 aliphatic carbocycles. The van der Waals surface area contributed by atoms with Crippen molar-refractivity contribution < 1.29 is 4.80 Å². The Hall–Kier alpha value is -1.64. The molecule has 2 aromatic rings. The summed E-state index contributed by atoms with van der Waals surface area (Å²) < 4.78 is 0. The fourth-order valence-corrected chi connectivity index (χ4v) is 3.95. The van der Waals surface area contributed by atoms with Gasteiger partial charge in [-0.15, -0.1) is 6.58 Å². The molecule has 0 heterocycles. The number of benzene rings is 2. The summed E-state index contributed by atoms with van der Waals surface area (Å²) in [6.07, 6.45) is 0. The lowest BCUT2D eigenvalue weighted by molar-refractivity contribution is 0.455. The number of hydrogen-bond acceptors (Lipinski definition) is 0. The van der Waals surface area contributed by atoms with Crippen molar-refractivity contribution in [2.45, 2.75) is 0 Å². The molecule has 0 amide bonds. The van der Waals surface area contributed by atoms with Gasteiger partial charge < -0.3 is 0 Å². The van der Waals surface area contributed by atoms with Crippen molar-refractivity contribution in [1.29, 1.82) is 0 Å². The predicted octanol–water partition coefficient (Wildman–Crippen LogP) is 1.90. The molecule has 0 bridgehead atoms. The van der Waals surface area contributed by atoms with E-state index in [1.165, 1.54) is 0 Å². The fourth-order valence-electron chi connectivity index (χ4n) is 1.77. The van der Waals surface area contributed by atoms with Gasteiger partial charge in [0.15, 0.2) is 0 Å². The van der Waals surface area contributed by atoms with Crippen LogP contribution in [0.5, 0.6) is 0 Å². The van der Waals surface area contributed by atoms with Crippen molar-refractivity contribution in [2.24, 2.45) is 0 Å². The molecule has 0 aromatic heterocycles. The Morgan fingerprint density at radius 3 is 1.50 bits per heavy atom. The van der Waals surface area contributed by atoms with Crippen LogP contribution < -0.4 is 10.4 Å². The normalized spacial score (nSPS) is 11.1. The first-order valence-electron chi connectivity index (χ1n) is 5.22. The van der Waals surface area contributed by atoms with Crippen LogP contribution in [-0.2, 0) is 4.80 Å². The summed E-state index contributed by atoms with van der Waals surface area (Å²) in [4.78, 5) is 12.9. The molecule has 0 atom stereocenters. The van der Waals surface area contributed by atoms with E-state index in [0.717, 1.165) is 10.4 Å². The van der Waals surface area contributed by atoms with Crippen molar-refractivity contribution in [3.05, 3.63) is 72.9 Å². The molecule has 0 spiro atoms. The third-order valence-electron chi connectivity index (χ3n) is 2.69. The van der Waals surface area contributed by atoms with E-state index in [1.54, 1.807) is 5.70 Å². The first-order valence-corrected chi connectivity index (χ1v) is 7.21. The van der Waals surface area contributed by atoms with E-state index in [1.807, 2.05) is 60.7 Å². The summed E-state index contributed by atoms with van der Waals surface area (Å²) in [5.41, 5.74) is 1.59. The van der Waals surface area contributed by atoms with Crippen LogP contribution >= 0.6 is 0 Å². The highest BCUT2D eigenvalue weighted by atomic mass is 28.4. The van der Waals surface area contributed by atoms with Crippen LogP contribution in [0.2, 0.25) is 0 Å². The Kier molecular flexibility index (Phi) is 3.04. The fraction of sp³-hybridized carbons (Fsp3) is 0. The highest BCUT2D eigenvalue weighted by molar-refractivity contribution is 6.99. The van der Waals surface area contributed by atoms with Gasteiger partial charge in [-0.25, -0.2) is 0 Å². The lowest BCUT2D eigenvalue weighted by Gasteiger charge is -2.19. The molecule has 0 N–H and O–H groups in total. The van der Waals surface area contributed by atoms with Crippen LogP contribution in [-0.4, -0.2) is 8.32 Å². The molecule has 0 saturated carbocycles. The maximum atomic E-state index is 12.9. The molecule has 0 unspecified atom stereocenters. The van der Waals surface area contributed by atoms with Gasteiger partial charge in [-0.2, -0.15) is 0 Å². The van der Waals surface area contributed by atoms with E-state index in [0.29, 0.717) is 0 Å². The number of hydrogen-bond donors (Lipinski definition) is 0. The van der Waals surface area contributed by atoms with E-state index >= 15 is 0 Å². The smallest absolute Gasteiger partial charge is 0.280 e. The molecule has 16 heavy (non-hydrogen) atoms. The van der Waals surface area contributed by atoms with Gasteiger partial charge in [-0.05, 0) is 10.4 Å². The first kappa shape index (κ1) is 10.9. The Morgan fingerprint density at radius 2 is 1.19 bits per heavy atom. The molecule has 1 nitrogen and oxygen atoms in total. The van der Waals surface area contributed by atoms with Crippen LogP contribution in [0.15, 0.2) is 72.9 Å². The van der Waals surface area contributed by atoms with E-state index < -0.39 is 8.32 Å². The molecule has 79 valence electrons. The largest absolute Gasteiger partial charge is 0.322 e. The van der Waals surface area contributed by atoms with Gasteiger partial charge in [0, 0.05) is 0 Å². The quantitative estimate of drug-likeness (QED) is 0.711. The van der Waals surface area contributed by atoms with E-state index in [4.69, 9.17) is 0 Å². The van der Waals surface area contributed by atoms with Crippen molar-refractivity contribution in [3.63, 3.8) is 0 Å². The van der Waals surface area contributed by atoms with Crippen LogP contribution in [0.1, 0.15) is 0 Å². The van der Waals surface area contributed by atoms with Crippen LogP contribution in [0, 0.1) is 0 Å². The molecule has 2 rings (SSSR count). The second-order valence-corrected chi connectivity index (χ2v) is 6.71. The average molecular weight is 225 g/mol. The lowest BCUT2D eigenvalue weighted by Crippen LogP contribution is -2.56. The van der Waals surface area contributed by atoms with E-state index in [2.05, 4.69) is 6.58 Å². The molecule has 0 fully saturated rings. The summed E-state index contributed by atoms with van der Waals surface area (Å²) in [6, 6.07) is 19.0.